The number of hydrogen-bond donors (Lipinski definition) is 1. The van der Waals surface area contributed by atoms with Gasteiger partial charge in [-0.15, -0.1) is 0 Å². The monoisotopic (exact) mass is 361 g/mol. The highest BCUT2D eigenvalue weighted by Crippen LogP contribution is 2.21. The predicted octanol–water partition coefficient (Wildman–Crippen LogP) is 1.16. The molecule has 1 aromatic carbocycles. The van der Waals surface area contributed by atoms with Crippen molar-refractivity contribution in [2.75, 3.05) is 44.2 Å². The Morgan fingerprint density at radius 1 is 1.16 bits per heavy atom. The van der Waals surface area contributed by atoms with Crippen LogP contribution in [0, 0.1) is 0 Å². The first kappa shape index (κ1) is 16.8. The second-order valence-electron chi connectivity index (χ2n) is 7.04. The van der Waals surface area contributed by atoms with Gasteiger partial charge in [0.25, 0.3) is 0 Å². The van der Waals surface area contributed by atoms with Gasteiger partial charge in [-0.3, -0.25) is 14.6 Å². The summed E-state index contributed by atoms with van der Waals surface area (Å²) in [4.78, 5) is 20.3. The minimum Gasteiger partial charge on any atom is -0.360 e. The molecule has 0 aliphatic carbocycles. The minimum atomic E-state index is -2.84. The average Bonchev–Trinajstić information content (AvgIpc) is 3.19. The molecular weight excluding hydrogens is 338 g/mol. The molecule has 2 aliphatic heterocycles. The van der Waals surface area contributed by atoms with Crippen molar-refractivity contribution in [2.45, 2.75) is 12.5 Å². The van der Waals surface area contributed by atoms with E-state index in [1.54, 1.807) is 6.20 Å². The highest BCUT2D eigenvalue weighted by molar-refractivity contribution is 7.91. The lowest BCUT2D eigenvalue weighted by molar-refractivity contribution is 0.0797. The van der Waals surface area contributed by atoms with E-state index < -0.39 is 9.84 Å². The van der Waals surface area contributed by atoms with Crippen LogP contribution in [0.15, 0.2) is 30.5 Å². The summed E-state index contributed by atoms with van der Waals surface area (Å²) in [6.07, 6.45) is 2.54. The molecule has 7 heteroatoms. The number of hydrogen-bond acceptors (Lipinski definition) is 5. The van der Waals surface area contributed by atoms with Gasteiger partial charge in [-0.25, -0.2) is 8.42 Å². The fraction of sp³-hybridized carbons (Fsp3) is 0.500. The lowest BCUT2D eigenvalue weighted by Crippen LogP contribution is -2.51. The van der Waals surface area contributed by atoms with Crippen molar-refractivity contribution >= 4 is 26.5 Å². The Morgan fingerprint density at radius 3 is 2.64 bits per heavy atom. The number of H-pyrrole nitrogens is 1. The van der Waals surface area contributed by atoms with E-state index in [0.717, 1.165) is 49.1 Å². The van der Waals surface area contributed by atoms with E-state index in [4.69, 9.17) is 0 Å². The molecule has 0 saturated carbocycles. The van der Waals surface area contributed by atoms with E-state index in [-0.39, 0.29) is 11.8 Å². The first-order valence-electron chi connectivity index (χ1n) is 8.78. The Kier molecular flexibility index (Phi) is 4.39. The van der Waals surface area contributed by atoms with Crippen LogP contribution >= 0.6 is 0 Å². The Hall–Kier alpha value is -1.70. The summed E-state index contributed by atoms with van der Waals surface area (Å²) < 4.78 is 23.3. The standard InChI is InChI=1S/C18H23N3O3S/c22-18(16-11-19-17-4-2-1-3-15(16)17)12-20-6-8-21(9-7-20)14-5-10-25(23,24)13-14/h1-4,11,14,19H,5-10,12-13H2. The van der Waals surface area contributed by atoms with Crippen molar-refractivity contribution in [3.05, 3.63) is 36.0 Å². The lowest BCUT2D eigenvalue weighted by Gasteiger charge is -2.37. The molecule has 3 heterocycles. The van der Waals surface area contributed by atoms with Crippen molar-refractivity contribution in [1.82, 2.24) is 14.8 Å². The average molecular weight is 361 g/mol. The van der Waals surface area contributed by atoms with Crippen molar-refractivity contribution in [2.24, 2.45) is 0 Å². The summed E-state index contributed by atoms with van der Waals surface area (Å²) in [6, 6.07) is 8.01. The van der Waals surface area contributed by atoms with Gasteiger partial charge in [-0.2, -0.15) is 0 Å². The number of nitrogens with zero attached hydrogens (tertiary/aromatic N) is 2. The van der Waals surface area contributed by atoms with Crippen LogP contribution in [-0.4, -0.2) is 79.3 Å². The number of fused-ring (bicyclic) bond motifs is 1. The van der Waals surface area contributed by atoms with Crippen molar-refractivity contribution in [3.63, 3.8) is 0 Å². The van der Waals surface area contributed by atoms with Crippen LogP contribution in [0.5, 0.6) is 0 Å². The van der Waals surface area contributed by atoms with Gasteiger partial charge in [0.1, 0.15) is 0 Å². The zero-order valence-electron chi connectivity index (χ0n) is 14.1. The number of aromatic nitrogens is 1. The molecule has 25 heavy (non-hydrogen) atoms. The highest BCUT2D eigenvalue weighted by atomic mass is 32.2. The van der Waals surface area contributed by atoms with Crippen LogP contribution in [0.25, 0.3) is 10.9 Å². The van der Waals surface area contributed by atoms with Gasteiger partial charge in [0.2, 0.25) is 0 Å². The van der Waals surface area contributed by atoms with Gasteiger partial charge >= 0.3 is 0 Å². The first-order valence-corrected chi connectivity index (χ1v) is 10.6. The summed E-state index contributed by atoms with van der Waals surface area (Å²) in [5.41, 5.74) is 1.73. The Labute approximate surface area is 147 Å². The van der Waals surface area contributed by atoms with Gasteiger partial charge in [0.05, 0.1) is 18.1 Å². The SMILES string of the molecule is O=C(CN1CCN(C2CCS(=O)(=O)C2)CC1)c1c[nH]c2ccccc12. The summed E-state index contributed by atoms with van der Waals surface area (Å²) in [7, 11) is -2.84. The van der Waals surface area contributed by atoms with Gasteiger partial charge < -0.3 is 4.98 Å². The zero-order valence-corrected chi connectivity index (χ0v) is 15.0. The molecule has 6 nitrogen and oxygen atoms in total. The number of Topliss-reactive ketones (excluding diaryl/α,β-unsaturated/α-hetero) is 1. The molecule has 0 radical (unpaired) electrons. The largest absolute Gasteiger partial charge is 0.360 e. The number of para-hydroxylation sites is 1. The fourth-order valence-electron chi connectivity index (χ4n) is 3.94. The number of sulfone groups is 1. The van der Waals surface area contributed by atoms with E-state index in [1.165, 1.54) is 0 Å². The Balaban J connectivity index is 1.35. The number of ketones is 1. The summed E-state index contributed by atoms with van der Waals surface area (Å²) in [5.74, 6) is 0.743. The van der Waals surface area contributed by atoms with Crippen LogP contribution in [0.4, 0.5) is 0 Å². The molecule has 4 rings (SSSR count). The third kappa shape index (κ3) is 3.49. The van der Waals surface area contributed by atoms with Gasteiger partial charge in [0, 0.05) is 54.9 Å². The minimum absolute atomic E-state index is 0.134. The number of rotatable bonds is 4. The van der Waals surface area contributed by atoms with E-state index in [9.17, 15) is 13.2 Å². The van der Waals surface area contributed by atoms with Crippen molar-refractivity contribution in [3.8, 4) is 0 Å². The molecule has 1 atom stereocenters. The molecule has 134 valence electrons. The third-order valence-corrected chi connectivity index (χ3v) is 7.14. The number of aromatic amines is 1. The molecule has 2 aliphatic rings. The highest BCUT2D eigenvalue weighted by Gasteiger charge is 2.33. The van der Waals surface area contributed by atoms with Crippen LogP contribution in [0.3, 0.4) is 0 Å². The van der Waals surface area contributed by atoms with E-state index in [2.05, 4.69) is 14.8 Å². The quantitative estimate of drug-likeness (QED) is 0.827. The predicted molar refractivity (Wildman–Crippen MR) is 97.7 cm³/mol. The van der Waals surface area contributed by atoms with Crippen LogP contribution in [-0.2, 0) is 9.84 Å². The first-order chi connectivity index (χ1) is 12.0. The summed E-state index contributed by atoms with van der Waals surface area (Å²) in [6.45, 7) is 3.71. The smallest absolute Gasteiger partial charge is 0.178 e. The van der Waals surface area contributed by atoms with E-state index >= 15 is 0 Å². The van der Waals surface area contributed by atoms with Crippen LogP contribution in [0.2, 0.25) is 0 Å². The second-order valence-corrected chi connectivity index (χ2v) is 9.27. The number of carbonyl (C=O) groups excluding carboxylic acids is 1. The maximum absolute atomic E-state index is 12.7. The summed E-state index contributed by atoms with van der Waals surface area (Å²) >= 11 is 0. The third-order valence-electron chi connectivity index (χ3n) is 5.39. The number of piperazine rings is 1. The topological polar surface area (TPSA) is 73.5 Å². The van der Waals surface area contributed by atoms with E-state index in [0.29, 0.717) is 18.1 Å². The molecular formula is C18H23N3O3S. The number of carbonyl (C=O) groups is 1. The molecule has 2 aromatic rings. The van der Waals surface area contributed by atoms with Crippen LogP contribution < -0.4 is 0 Å². The summed E-state index contributed by atoms with van der Waals surface area (Å²) in [5, 5.41) is 0.974. The molecule has 1 aromatic heterocycles. The Bertz CT molecular complexity index is 882. The molecule has 0 bridgehead atoms. The fourth-order valence-corrected chi connectivity index (χ4v) is 5.70. The number of nitrogens with one attached hydrogen (secondary N) is 1. The molecule has 2 fully saturated rings. The van der Waals surface area contributed by atoms with E-state index in [1.807, 2.05) is 24.3 Å². The second kappa shape index (κ2) is 6.55. The normalized spacial score (nSPS) is 24.7. The lowest BCUT2D eigenvalue weighted by atomic mass is 10.1. The van der Waals surface area contributed by atoms with Gasteiger partial charge in [0.15, 0.2) is 15.6 Å². The van der Waals surface area contributed by atoms with Gasteiger partial charge in [-0.05, 0) is 12.5 Å². The van der Waals surface area contributed by atoms with Crippen molar-refractivity contribution in [1.29, 1.82) is 0 Å². The molecule has 2 saturated heterocycles. The maximum Gasteiger partial charge on any atom is 0.178 e. The molecule has 0 amide bonds. The zero-order chi connectivity index (χ0) is 17.4. The number of benzene rings is 1. The van der Waals surface area contributed by atoms with Gasteiger partial charge in [-0.1, -0.05) is 18.2 Å². The molecule has 1 unspecified atom stereocenters. The maximum atomic E-state index is 12.7. The van der Waals surface area contributed by atoms with Crippen molar-refractivity contribution < 1.29 is 13.2 Å². The van der Waals surface area contributed by atoms with Crippen LogP contribution in [0.1, 0.15) is 16.8 Å². The Morgan fingerprint density at radius 2 is 1.92 bits per heavy atom. The molecule has 1 N–H and O–H groups in total. The molecule has 0 spiro atoms.